The Hall–Kier alpha value is -2.60. The summed E-state index contributed by atoms with van der Waals surface area (Å²) in [4.78, 5) is 12.4. The second kappa shape index (κ2) is 12.0. The number of carbonyl (C=O) groups excluding carboxylic acids is 1. The number of nitriles is 1. The minimum absolute atomic E-state index is 0.379. The topological polar surface area (TPSA) is 50.1 Å². The molecule has 0 spiro atoms. The van der Waals surface area contributed by atoms with Gasteiger partial charge in [0.25, 0.3) is 0 Å². The molecule has 2 aromatic rings. The number of hydrogen-bond donors (Lipinski definition) is 0. The third-order valence-electron chi connectivity index (χ3n) is 4.73. The van der Waals surface area contributed by atoms with Crippen molar-refractivity contribution < 1.29 is 9.53 Å². The number of ether oxygens (including phenoxy) is 1. The predicted molar refractivity (Wildman–Crippen MR) is 116 cm³/mol. The summed E-state index contributed by atoms with van der Waals surface area (Å²) in [5.41, 5.74) is 3.19. The maximum atomic E-state index is 12.4. The second-order valence-corrected chi connectivity index (χ2v) is 7.18. The van der Waals surface area contributed by atoms with E-state index in [9.17, 15) is 4.79 Å². The molecule has 0 fully saturated rings. The van der Waals surface area contributed by atoms with Gasteiger partial charge in [-0.3, -0.25) is 0 Å². The summed E-state index contributed by atoms with van der Waals surface area (Å²) in [6, 6.07) is 14.9. The average Bonchev–Trinajstić information content (AvgIpc) is 2.70. The van der Waals surface area contributed by atoms with Gasteiger partial charge in [-0.1, -0.05) is 53.2 Å². The summed E-state index contributed by atoms with van der Waals surface area (Å²) in [5.74, 6) is 1.31. The van der Waals surface area contributed by atoms with Crippen LogP contribution in [0.3, 0.4) is 0 Å². The highest BCUT2D eigenvalue weighted by Crippen LogP contribution is 2.27. The summed E-state index contributed by atoms with van der Waals surface area (Å²) in [6.45, 7) is 12.5. The summed E-state index contributed by atoms with van der Waals surface area (Å²) < 4.78 is 5.44. The lowest BCUT2D eigenvalue weighted by Crippen LogP contribution is -2.09. The second-order valence-electron chi connectivity index (χ2n) is 7.18. The largest absolute Gasteiger partial charge is 0.423 e. The van der Waals surface area contributed by atoms with E-state index in [4.69, 9.17) is 10.00 Å². The van der Waals surface area contributed by atoms with Crippen molar-refractivity contribution in [2.24, 2.45) is 5.92 Å². The van der Waals surface area contributed by atoms with Gasteiger partial charge in [0, 0.05) is 0 Å². The van der Waals surface area contributed by atoms with Gasteiger partial charge in [-0.2, -0.15) is 5.26 Å². The number of nitrogens with zero attached hydrogens (tertiary/aromatic N) is 1. The van der Waals surface area contributed by atoms with E-state index in [0.29, 0.717) is 28.7 Å². The van der Waals surface area contributed by atoms with Crippen LogP contribution in [0.25, 0.3) is 0 Å². The Morgan fingerprint density at radius 3 is 2.21 bits per heavy atom. The number of rotatable bonds is 7. The van der Waals surface area contributed by atoms with Gasteiger partial charge < -0.3 is 4.74 Å². The Labute approximate surface area is 170 Å². The lowest BCUT2D eigenvalue weighted by atomic mass is 9.89. The van der Waals surface area contributed by atoms with Gasteiger partial charge in [0.1, 0.15) is 5.75 Å². The van der Waals surface area contributed by atoms with Crippen LogP contribution < -0.4 is 4.74 Å². The molecule has 0 aromatic heterocycles. The molecule has 2 rings (SSSR count). The SMILES string of the molecule is CC.CCC(CCC(C)C)c1ccc(C(=O)Oc2ccc(C#N)c(C)c2)cc1. The first-order valence-electron chi connectivity index (χ1n) is 10.3. The molecule has 0 N–H and O–H groups in total. The fourth-order valence-corrected chi connectivity index (χ4v) is 3.02. The molecule has 0 amide bonds. The van der Waals surface area contributed by atoms with Gasteiger partial charge in [-0.25, -0.2) is 4.79 Å². The molecule has 0 aliphatic heterocycles. The Bertz CT molecular complexity index is 785. The van der Waals surface area contributed by atoms with E-state index in [1.54, 1.807) is 18.2 Å². The van der Waals surface area contributed by atoms with Crippen molar-refractivity contribution >= 4 is 5.97 Å². The van der Waals surface area contributed by atoms with Gasteiger partial charge in [0.05, 0.1) is 17.2 Å². The predicted octanol–water partition coefficient (Wildman–Crippen LogP) is 7.04. The van der Waals surface area contributed by atoms with E-state index in [1.165, 1.54) is 18.4 Å². The van der Waals surface area contributed by atoms with E-state index in [-0.39, 0.29) is 5.97 Å². The van der Waals surface area contributed by atoms with Crippen LogP contribution in [0.15, 0.2) is 42.5 Å². The quantitative estimate of drug-likeness (QED) is 0.383. The van der Waals surface area contributed by atoms with Gasteiger partial charge in [0.2, 0.25) is 0 Å². The molecule has 0 heterocycles. The molecule has 150 valence electrons. The first-order chi connectivity index (χ1) is 13.4. The zero-order valence-electron chi connectivity index (χ0n) is 18.1. The molecular weight excluding hydrogens is 346 g/mol. The Balaban J connectivity index is 0.00000190. The molecule has 28 heavy (non-hydrogen) atoms. The third-order valence-corrected chi connectivity index (χ3v) is 4.73. The zero-order valence-corrected chi connectivity index (χ0v) is 18.1. The van der Waals surface area contributed by atoms with E-state index >= 15 is 0 Å². The van der Waals surface area contributed by atoms with Crippen LogP contribution in [0.4, 0.5) is 0 Å². The first-order valence-corrected chi connectivity index (χ1v) is 10.3. The van der Waals surface area contributed by atoms with Crippen molar-refractivity contribution in [3.8, 4) is 11.8 Å². The molecule has 2 aromatic carbocycles. The van der Waals surface area contributed by atoms with Crippen LogP contribution in [0, 0.1) is 24.2 Å². The first kappa shape index (κ1) is 23.4. The van der Waals surface area contributed by atoms with E-state index in [2.05, 4.69) is 26.8 Å². The average molecular weight is 380 g/mol. The molecule has 1 atom stereocenters. The summed E-state index contributed by atoms with van der Waals surface area (Å²) in [6.07, 6.45) is 3.48. The number of aryl methyl sites for hydroxylation is 1. The Morgan fingerprint density at radius 1 is 1.07 bits per heavy atom. The highest BCUT2D eigenvalue weighted by atomic mass is 16.5. The molecule has 0 bridgehead atoms. The molecule has 0 saturated carbocycles. The number of carbonyl (C=O) groups is 1. The third kappa shape index (κ3) is 6.85. The highest BCUT2D eigenvalue weighted by molar-refractivity contribution is 5.91. The van der Waals surface area contributed by atoms with Crippen LogP contribution in [0.5, 0.6) is 5.75 Å². The molecule has 0 saturated heterocycles. The van der Waals surface area contributed by atoms with Crippen molar-refractivity contribution in [2.45, 2.75) is 66.7 Å². The van der Waals surface area contributed by atoms with E-state index < -0.39 is 0 Å². The maximum Gasteiger partial charge on any atom is 0.343 e. The normalized spacial score (nSPS) is 11.2. The zero-order chi connectivity index (χ0) is 21.1. The summed E-state index contributed by atoms with van der Waals surface area (Å²) >= 11 is 0. The minimum atomic E-state index is -0.379. The smallest absolute Gasteiger partial charge is 0.343 e. The van der Waals surface area contributed by atoms with Gasteiger partial charge >= 0.3 is 5.97 Å². The van der Waals surface area contributed by atoms with Crippen molar-refractivity contribution in [2.75, 3.05) is 0 Å². The van der Waals surface area contributed by atoms with E-state index in [1.807, 2.05) is 45.0 Å². The van der Waals surface area contributed by atoms with Gasteiger partial charge in [0.15, 0.2) is 0 Å². The maximum absolute atomic E-state index is 12.4. The van der Waals surface area contributed by atoms with Crippen LogP contribution in [0.1, 0.15) is 86.8 Å². The Kier molecular flexibility index (Phi) is 10.0. The summed E-state index contributed by atoms with van der Waals surface area (Å²) in [5, 5.41) is 8.97. The molecule has 1 unspecified atom stereocenters. The molecule has 0 aliphatic rings. The minimum Gasteiger partial charge on any atom is -0.423 e. The monoisotopic (exact) mass is 379 g/mol. The van der Waals surface area contributed by atoms with Crippen molar-refractivity contribution in [3.05, 3.63) is 64.7 Å². The molecule has 3 heteroatoms. The molecule has 0 aliphatic carbocycles. The fourth-order valence-electron chi connectivity index (χ4n) is 3.02. The van der Waals surface area contributed by atoms with Crippen LogP contribution >= 0.6 is 0 Å². The highest BCUT2D eigenvalue weighted by Gasteiger charge is 2.13. The standard InChI is InChI=1S/C23H27NO2.C2H6/c1-5-18(7-6-16(2)3)19-8-10-20(11-9-19)23(25)26-22-13-12-21(15-24)17(4)14-22;1-2/h8-14,16,18H,5-7H2,1-4H3;1-2H3. The fraction of sp³-hybridized carbons (Fsp3) is 0.440. The van der Waals surface area contributed by atoms with Gasteiger partial charge in [-0.05, 0) is 73.1 Å². The lowest BCUT2D eigenvalue weighted by Gasteiger charge is -2.17. The van der Waals surface area contributed by atoms with Crippen molar-refractivity contribution in [1.29, 1.82) is 5.26 Å². The van der Waals surface area contributed by atoms with Gasteiger partial charge in [-0.15, -0.1) is 0 Å². The van der Waals surface area contributed by atoms with Crippen molar-refractivity contribution in [1.82, 2.24) is 0 Å². The number of hydrogen-bond acceptors (Lipinski definition) is 3. The van der Waals surface area contributed by atoms with Crippen LogP contribution in [-0.4, -0.2) is 5.97 Å². The van der Waals surface area contributed by atoms with Crippen LogP contribution in [-0.2, 0) is 0 Å². The van der Waals surface area contributed by atoms with Crippen LogP contribution in [0.2, 0.25) is 0 Å². The molecular formula is C25H33NO2. The Morgan fingerprint density at radius 2 is 1.71 bits per heavy atom. The lowest BCUT2D eigenvalue weighted by molar-refractivity contribution is 0.0734. The van der Waals surface area contributed by atoms with E-state index in [0.717, 1.165) is 12.0 Å². The summed E-state index contributed by atoms with van der Waals surface area (Å²) in [7, 11) is 0. The molecule has 0 radical (unpaired) electrons. The van der Waals surface area contributed by atoms with Crippen molar-refractivity contribution in [3.63, 3.8) is 0 Å². The number of esters is 1. The number of benzene rings is 2. The molecule has 3 nitrogen and oxygen atoms in total.